The van der Waals surface area contributed by atoms with Crippen LogP contribution >= 0.6 is 0 Å². The Balaban J connectivity index is 1.88. The number of amides is 1. The second-order valence-electron chi connectivity index (χ2n) is 6.29. The van der Waals surface area contributed by atoms with Gasteiger partial charge in [-0.1, -0.05) is 18.2 Å². The fourth-order valence-electron chi connectivity index (χ4n) is 2.96. The minimum absolute atomic E-state index is 0.0724. The molecule has 1 aliphatic heterocycles. The van der Waals surface area contributed by atoms with Crippen LogP contribution in [0.3, 0.4) is 0 Å². The third-order valence-corrected chi connectivity index (χ3v) is 4.61. The Bertz CT molecular complexity index is 564. The lowest BCUT2D eigenvalue weighted by atomic mass is 9.86. The highest BCUT2D eigenvalue weighted by atomic mass is 16.5. The average molecular weight is 319 g/mol. The predicted octanol–water partition coefficient (Wildman–Crippen LogP) is 2.09. The van der Waals surface area contributed by atoms with Gasteiger partial charge in [0.1, 0.15) is 0 Å². The summed E-state index contributed by atoms with van der Waals surface area (Å²) < 4.78 is 5.27. The van der Waals surface area contributed by atoms with Crippen LogP contribution in [0.2, 0.25) is 0 Å². The van der Waals surface area contributed by atoms with Crippen LogP contribution in [0.15, 0.2) is 18.2 Å². The molecule has 0 radical (unpaired) electrons. The number of rotatable bonds is 6. The second kappa shape index (κ2) is 8.11. The highest BCUT2D eigenvalue weighted by Crippen LogP contribution is 2.23. The molecule has 126 valence electrons. The second-order valence-corrected chi connectivity index (χ2v) is 6.29. The summed E-state index contributed by atoms with van der Waals surface area (Å²) in [6, 6.07) is 5.94. The van der Waals surface area contributed by atoms with E-state index in [4.69, 9.17) is 4.74 Å². The van der Waals surface area contributed by atoms with Gasteiger partial charge >= 0.3 is 5.97 Å². The van der Waals surface area contributed by atoms with Crippen molar-refractivity contribution in [3.63, 3.8) is 0 Å². The summed E-state index contributed by atoms with van der Waals surface area (Å²) in [4.78, 5) is 23.5. The standard InChI is InChI=1S/C18H25NO4/c1-12-3-4-14(9-13(12)2)10-17(20)19-11-16(18(21)22)15-5-7-23-8-6-15/h3-4,9,15-16H,5-8,10-11H2,1-2H3,(H,19,20)(H,21,22). The van der Waals surface area contributed by atoms with Crippen LogP contribution in [0, 0.1) is 25.7 Å². The quantitative estimate of drug-likeness (QED) is 0.842. The van der Waals surface area contributed by atoms with E-state index in [1.54, 1.807) is 0 Å². The zero-order chi connectivity index (χ0) is 16.8. The summed E-state index contributed by atoms with van der Waals surface area (Å²) in [5, 5.41) is 12.2. The SMILES string of the molecule is Cc1ccc(CC(=O)NCC(C(=O)O)C2CCOCC2)cc1C. The van der Waals surface area contributed by atoms with Crippen molar-refractivity contribution in [2.75, 3.05) is 19.8 Å². The molecule has 2 N–H and O–H groups in total. The third kappa shape index (κ3) is 5.06. The number of carbonyl (C=O) groups is 2. The van der Waals surface area contributed by atoms with Gasteiger partial charge in [-0.3, -0.25) is 9.59 Å². The molecule has 1 atom stereocenters. The fraction of sp³-hybridized carbons (Fsp3) is 0.556. The van der Waals surface area contributed by atoms with E-state index in [0.717, 1.165) is 24.0 Å². The molecular weight excluding hydrogens is 294 g/mol. The van der Waals surface area contributed by atoms with Crippen LogP contribution in [0.4, 0.5) is 0 Å². The van der Waals surface area contributed by atoms with Crippen LogP contribution in [0.5, 0.6) is 0 Å². The maximum Gasteiger partial charge on any atom is 0.308 e. The van der Waals surface area contributed by atoms with E-state index in [9.17, 15) is 14.7 Å². The van der Waals surface area contributed by atoms with Gasteiger partial charge in [-0.2, -0.15) is 0 Å². The van der Waals surface area contributed by atoms with Crippen molar-refractivity contribution in [3.05, 3.63) is 34.9 Å². The van der Waals surface area contributed by atoms with E-state index in [0.29, 0.717) is 13.2 Å². The fourth-order valence-corrected chi connectivity index (χ4v) is 2.96. The van der Waals surface area contributed by atoms with Gasteiger partial charge in [0, 0.05) is 19.8 Å². The Labute approximate surface area is 137 Å². The van der Waals surface area contributed by atoms with Gasteiger partial charge in [-0.05, 0) is 49.3 Å². The summed E-state index contributed by atoms with van der Waals surface area (Å²) in [7, 11) is 0. The zero-order valence-corrected chi connectivity index (χ0v) is 13.8. The normalized spacial score (nSPS) is 16.8. The molecule has 1 unspecified atom stereocenters. The van der Waals surface area contributed by atoms with Gasteiger partial charge in [-0.25, -0.2) is 0 Å². The Hall–Kier alpha value is -1.88. The van der Waals surface area contributed by atoms with Gasteiger partial charge in [0.15, 0.2) is 0 Å². The van der Waals surface area contributed by atoms with E-state index < -0.39 is 11.9 Å². The molecule has 1 aliphatic rings. The molecule has 23 heavy (non-hydrogen) atoms. The predicted molar refractivity (Wildman–Crippen MR) is 87.3 cm³/mol. The van der Waals surface area contributed by atoms with E-state index in [1.807, 2.05) is 32.0 Å². The molecule has 1 amide bonds. The monoisotopic (exact) mass is 319 g/mol. The summed E-state index contributed by atoms with van der Waals surface area (Å²) in [6.45, 7) is 5.44. The number of aliphatic carboxylic acids is 1. The van der Waals surface area contributed by atoms with E-state index >= 15 is 0 Å². The molecule has 0 aromatic heterocycles. The minimum Gasteiger partial charge on any atom is -0.481 e. The number of nitrogens with one attached hydrogen (secondary N) is 1. The van der Waals surface area contributed by atoms with Gasteiger partial charge in [0.2, 0.25) is 5.91 Å². The Morgan fingerprint density at radius 2 is 1.96 bits per heavy atom. The Kier molecular flexibility index (Phi) is 6.16. The molecule has 1 heterocycles. The minimum atomic E-state index is -0.844. The molecule has 0 saturated carbocycles. The first-order chi connectivity index (χ1) is 11.0. The highest BCUT2D eigenvalue weighted by Gasteiger charge is 2.29. The molecule has 1 fully saturated rings. The Morgan fingerprint density at radius 3 is 2.57 bits per heavy atom. The van der Waals surface area contributed by atoms with Crippen LogP contribution in [0.25, 0.3) is 0 Å². The van der Waals surface area contributed by atoms with Crippen LogP contribution < -0.4 is 5.32 Å². The number of carboxylic acid groups (broad SMARTS) is 1. The van der Waals surface area contributed by atoms with Crippen LogP contribution in [-0.4, -0.2) is 36.7 Å². The summed E-state index contributed by atoms with van der Waals surface area (Å²) in [6.07, 6.45) is 1.76. The molecule has 1 saturated heterocycles. The van der Waals surface area contributed by atoms with Crippen molar-refractivity contribution < 1.29 is 19.4 Å². The first-order valence-electron chi connectivity index (χ1n) is 8.10. The maximum atomic E-state index is 12.1. The highest BCUT2D eigenvalue weighted by molar-refractivity contribution is 5.79. The van der Waals surface area contributed by atoms with E-state index in [2.05, 4.69) is 5.32 Å². The first kappa shape index (κ1) is 17.5. The van der Waals surface area contributed by atoms with Crippen molar-refractivity contribution in [2.45, 2.75) is 33.1 Å². The average Bonchev–Trinajstić information content (AvgIpc) is 2.52. The van der Waals surface area contributed by atoms with Crippen molar-refractivity contribution in [1.29, 1.82) is 0 Å². The number of carboxylic acids is 1. The largest absolute Gasteiger partial charge is 0.481 e. The zero-order valence-electron chi connectivity index (χ0n) is 13.8. The number of hydrogen-bond donors (Lipinski definition) is 2. The third-order valence-electron chi connectivity index (χ3n) is 4.61. The summed E-state index contributed by atoms with van der Waals surface area (Å²) >= 11 is 0. The molecule has 5 nitrogen and oxygen atoms in total. The number of aryl methyl sites for hydroxylation is 2. The van der Waals surface area contributed by atoms with Gasteiger partial charge < -0.3 is 15.2 Å². The van der Waals surface area contributed by atoms with E-state index in [1.165, 1.54) is 5.56 Å². The van der Waals surface area contributed by atoms with Crippen molar-refractivity contribution in [1.82, 2.24) is 5.32 Å². The topological polar surface area (TPSA) is 75.6 Å². The Morgan fingerprint density at radius 1 is 1.26 bits per heavy atom. The molecule has 0 spiro atoms. The van der Waals surface area contributed by atoms with Crippen molar-refractivity contribution in [2.24, 2.45) is 11.8 Å². The van der Waals surface area contributed by atoms with E-state index in [-0.39, 0.29) is 24.8 Å². The molecule has 0 aliphatic carbocycles. The first-order valence-corrected chi connectivity index (χ1v) is 8.10. The molecule has 0 bridgehead atoms. The van der Waals surface area contributed by atoms with Crippen LogP contribution in [0.1, 0.15) is 29.5 Å². The summed E-state index contributed by atoms with van der Waals surface area (Å²) in [5.74, 6) is -1.44. The lowest BCUT2D eigenvalue weighted by Crippen LogP contribution is -2.39. The molecule has 1 aromatic rings. The van der Waals surface area contributed by atoms with Crippen molar-refractivity contribution in [3.8, 4) is 0 Å². The lowest BCUT2D eigenvalue weighted by molar-refractivity contribution is -0.144. The number of benzene rings is 1. The van der Waals surface area contributed by atoms with Crippen molar-refractivity contribution >= 4 is 11.9 Å². The maximum absolute atomic E-state index is 12.1. The molecule has 2 rings (SSSR count). The smallest absolute Gasteiger partial charge is 0.308 e. The molecular formula is C18H25NO4. The van der Waals surface area contributed by atoms with Gasteiger partial charge in [-0.15, -0.1) is 0 Å². The summed E-state index contributed by atoms with van der Waals surface area (Å²) in [5.41, 5.74) is 3.30. The molecule has 5 heteroatoms. The van der Waals surface area contributed by atoms with Crippen LogP contribution in [-0.2, 0) is 20.7 Å². The molecule has 1 aromatic carbocycles. The number of carbonyl (C=O) groups excluding carboxylic acids is 1. The van der Waals surface area contributed by atoms with Gasteiger partial charge in [0.25, 0.3) is 0 Å². The lowest BCUT2D eigenvalue weighted by Gasteiger charge is -2.27. The van der Waals surface area contributed by atoms with Gasteiger partial charge in [0.05, 0.1) is 12.3 Å². The number of ether oxygens (including phenoxy) is 1. The number of hydrogen-bond acceptors (Lipinski definition) is 3.